The number of nitrogens with one attached hydrogen (secondary N) is 1. The molecular weight excluding hydrogens is 379 g/mol. The Morgan fingerprint density at radius 2 is 2.14 bits per heavy atom. The minimum Gasteiger partial charge on any atom is -0.492 e. The fourth-order valence-electron chi connectivity index (χ4n) is 4.95. The number of carboxylic acids is 1. The molecule has 2 saturated heterocycles. The highest BCUT2D eigenvalue weighted by atomic mass is 19.1. The summed E-state index contributed by atoms with van der Waals surface area (Å²) in [7, 11) is 1.48. The standard InChI is InChI=1S/C21H24FN3O4/c1-29-20-17-13(19(26)14(21(27)28)9-25(17)12-4-5-12)7-15(22)18(20)24-8-11-3-2-6-23-16(11)10-24/h7,9,11-12,16,23H,2-6,8,10H2,1H3,(H,27,28)/t11-,16+/m0/s1/i14+2. The zero-order chi connectivity index (χ0) is 20.3. The smallest absolute Gasteiger partial charge is 0.341 e. The molecule has 3 fully saturated rings. The van der Waals surface area contributed by atoms with Gasteiger partial charge in [0.25, 0.3) is 0 Å². The molecule has 0 spiro atoms. The molecule has 3 aliphatic rings. The zero-order valence-electron chi connectivity index (χ0n) is 16.3. The number of fused-ring (bicyclic) bond motifs is 2. The first-order chi connectivity index (χ1) is 14.0. The Morgan fingerprint density at radius 3 is 2.79 bits per heavy atom. The molecule has 2 N–H and O–H groups in total. The second-order valence-corrected chi connectivity index (χ2v) is 8.32. The zero-order valence-corrected chi connectivity index (χ0v) is 16.3. The molecule has 3 heterocycles. The van der Waals surface area contributed by atoms with Crippen molar-refractivity contribution in [1.29, 1.82) is 0 Å². The molecule has 0 bridgehead atoms. The number of halogens is 1. The summed E-state index contributed by atoms with van der Waals surface area (Å²) >= 11 is 0. The molecule has 1 aromatic heterocycles. The molecule has 8 heteroatoms. The highest BCUT2D eigenvalue weighted by molar-refractivity contribution is 5.97. The van der Waals surface area contributed by atoms with E-state index in [0.717, 1.165) is 38.8 Å². The Kier molecular flexibility index (Phi) is 4.27. The lowest BCUT2D eigenvalue weighted by Crippen LogP contribution is -2.40. The van der Waals surface area contributed by atoms with E-state index in [4.69, 9.17) is 4.74 Å². The summed E-state index contributed by atoms with van der Waals surface area (Å²) in [5.74, 6) is -1.07. The van der Waals surface area contributed by atoms with Crippen LogP contribution in [0, 0.1) is 11.7 Å². The highest BCUT2D eigenvalue weighted by Gasteiger charge is 2.38. The molecule has 2 aliphatic heterocycles. The van der Waals surface area contributed by atoms with E-state index < -0.39 is 17.2 Å². The van der Waals surface area contributed by atoms with E-state index in [1.807, 2.05) is 4.90 Å². The van der Waals surface area contributed by atoms with Crippen LogP contribution >= 0.6 is 0 Å². The molecule has 29 heavy (non-hydrogen) atoms. The number of methoxy groups -OCH3 is 1. The van der Waals surface area contributed by atoms with Crippen molar-refractivity contribution in [1.82, 2.24) is 9.88 Å². The molecule has 154 valence electrons. The lowest BCUT2D eigenvalue weighted by atomic mass is 9.94. The van der Waals surface area contributed by atoms with Gasteiger partial charge in [-0.05, 0) is 44.2 Å². The number of benzene rings is 1. The number of rotatable bonds is 4. The summed E-state index contributed by atoms with van der Waals surface area (Å²) in [4.78, 5) is 26.4. The number of anilines is 1. The first-order valence-electron chi connectivity index (χ1n) is 10.2. The molecule has 1 aliphatic carbocycles. The summed E-state index contributed by atoms with van der Waals surface area (Å²) in [5, 5.41) is 13.0. The van der Waals surface area contributed by atoms with Crippen LogP contribution in [0.25, 0.3) is 10.9 Å². The second kappa shape index (κ2) is 6.73. The van der Waals surface area contributed by atoms with Crippen molar-refractivity contribution in [3.05, 3.63) is 33.9 Å². The van der Waals surface area contributed by atoms with E-state index in [1.165, 1.54) is 19.4 Å². The first kappa shape index (κ1) is 18.4. The van der Waals surface area contributed by atoms with Crippen molar-refractivity contribution in [2.45, 2.75) is 37.8 Å². The van der Waals surface area contributed by atoms with Crippen LogP contribution in [-0.4, -0.2) is 48.4 Å². The third kappa shape index (κ3) is 2.88. The van der Waals surface area contributed by atoms with Crippen molar-refractivity contribution in [2.24, 2.45) is 5.92 Å². The van der Waals surface area contributed by atoms with Crippen LogP contribution in [0.4, 0.5) is 10.1 Å². The maximum Gasteiger partial charge on any atom is 0.341 e. The number of nitrogens with zero attached hydrogens (tertiary/aromatic N) is 2. The van der Waals surface area contributed by atoms with E-state index in [1.54, 1.807) is 4.57 Å². The third-order valence-electron chi connectivity index (χ3n) is 6.49. The largest absolute Gasteiger partial charge is 0.492 e. The fourth-order valence-corrected chi connectivity index (χ4v) is 4.95. The number of ether oxygens (including phenoxy) is 1. The van der Waals surface area contributed by atoms with Gasteiger partial charge in [-0.1, -0.05) is 0 Å². The van der Waals surface area contributed by atoms with Crippen LogP contribution in [0.1, 0.15) is 42.1 Å². The third-order valence-corrected chi connectivity index (χ3v) is 6.49. The van der Waals surface area contributed by atoms with Crippen LogP contribution in [-0.2, 0) is 0 Å². The van der Waals surface area contributed by atoms with E-state index in [-0.39, 0.29) is 17.0 Å². The molecule has 5 rings (SSSR count). The molecule has 7 nitrogen and oxygen atoms in total. The Morgan fingerprint density at radius 1 is 1.34 bits per heavy atom. The molecule has 0 amide bonds. The van der Waals surface area contributed by atoms with Crippen LogP contribution in [0.3, 0.4) is 0 Å². The van der Waals surface area contributed by atoms with Gasteiger partial charge in [-0.2, -0.15) is 0 Å². The van der Waals surface area contributed by atoms with Gasteiger partial charge in [0.1, 0.15) is 11.3 Å². The quantitative estimate of drug-likeness (QED) is 0.816. The average Bonchev–Trinajstić information content (AvgIpc) is 3.45. The van der Waals surface area contributed by atoms with E-state index in [2.05, 4.69) is 5.32 Å². The van der Waals surface area contributed by atoms with Gasteiger partial charge in [0.05, 0.1) is 18.0 Å². The number of hydrogen-bond acceptors (Lipinski definition) is 5. The first-order valence-corrected chi connectivity index (χ1v) is 10.2. The number of carboxylic acid groups (broad SMARTS) is 1. The summed E-state index contributed by atoms with van der Waals surface area (Å²) in [5.41, 5.74) is -0.155. The molecule has 0 unspecified atom stereocenters. The Labute approximate surface area is 167 Å². The van der Waals surface area contributed by atoms with Crippen LogP contribution in [0.5, 0.6) is 5.75 Å². The summed E-state index contributed by atoms with van der Waals surface area (Å²) in [6.45, 7) is 2.40. The normalized spacial score (nSPS) is 24.0. The van der Waals surface area contributed by atoms with Crippen molar-refractivity contribution < 1.29 is 19.0 Å². The number of piperidine rings is 1. The van der Waals surface area contributed by atoms with Gasteiger partial charge in [0.2, 0.25) is 5.43 Å². The number of aromatic nitrogens is 1. The fraction of sp³-hybridized carbons (Fsp3) is 0.524. The van der Waals surface area contributed by atoms with Gasteiger partial charge in [-0.3, -0.25) is 4.79 Å². The minimum absolute atomic E-state index is 0.0599. The van der Waals surface area contributed by atoms with Gasteiger partial charge in [0.15, 0.2) is 11.6 Å². The lowest BCUT2D eigenvalue weighted by molar-refractivity contribution is 0.0695. The maximum atomic E-state index is 15.3. The minimum atomic E-state index is -1.30. The summed E-state index contributed by atoms with van der Waals surface area (Å²) < 4.78 is 22.8. The van der Waals surface area contributed by atoms with Crippen molar-refractivity contribution in [3.8, 4) is 5.75 Å². The molecule has 0 radical (unpaired) electrons. The van der Waals surface area contributed by atoms with E-state index in [0.29, 0.717) is 35.5 Å². The monoisotopic (exact) mass is 403 g/mol. The average molecular weight is 403 g/mol. The Hall–Kier alpha value is -2.61. The molecule has 2 atom stereocenters. The second-order valence-electron chi connectivity index (χ2n) is 8.32. The molecule has 1 saturated carbocycles. The van der Waals surface area contributed by atoms with Crippen molar-refractivity contribution in [3.63, 3.8) is 0 Å². The summed E-state index contributed by atoms with van der Waals surface area (Å²) in [6, 6.07) is 1.62. The van der Waals surface area contributed by atoms with Gasteiger partial charge in [0, 0.05) is 31.4 Å². The topological polar surface area (TPSA) is 83.8 Å². The van der Waals surface area contributed by atoms with Crippen LogP contribution in [0.2, 0.25) is 0 Å². The van der Waals surface area contributed by atoms with E-state index >= 15 is 4.39 Å². The predicted molar refractivity (Wildman–Crippen MR) is 107 cm³/mol. The highest BCUT2D eigenvalue weighted by Crippen LogP contribution is 2.45. The number of pyridine rings is 1. The van der Waals surface area contributed by atoms with Gasteiger partial charge < -0.3 is 24.6 Å². The molecule has 1 aromatic carbocycles. The van der Waals surface area contributed by atoms with Gasteiger partial charge in [-0.25, -0.2) is 9.18 Å². The SMILES string of the molecule is COc1c(N2C[C@@H]3CCCN[C@@H]3C2)c(F)cc2c(=O)[14c](C(=O)O)cn(C3CC3)c12. The summed E-state index contributed by atoms with van der Waals surface area (Å²) in [6.07, 6.45) is 5.40. The van der Waals surface area contributed by atoms with Gasteiger partial charge >= 0.3 is 5.97 Å². The maximum absolute atomic E-state index is 15.3. The Bertz CT molecular complexity index is 1050. The number of carbonyl (C=O) groups is 1. The van der Waals surface area contributed by atoms with Crippen LogP contribution in [0.15, 0.2) is 17.1 Å². The molecular formula is C21H24FN3O4. The van der Waals surface area contributed by atoms with Crippen molar-refractivity contribution in [2.75, 3.05) is 31.6 Å². The van der Waals surface area contributed by atoms with Crippen LogP contribution < -0.4 is 20.4 Å². The lowest BCUT2D eigenvalue weighted by Gasteiger charge is -2.25. The van der Waals surface area contributed by atoms with E-state index in [9.17, 15) is 14.7 Å². The Balaban J connectivity index is 1.73. The number of aromatic carboxylic acids is 1. The van der Waals surface area contributed by atoms with Crippen molar-refractivity contribution >= 4 is 22.6 Å². The van der Waals surface area contributed by atoms with Gasteiger partial charge in [-0.15, -0.1) is 0 Å². The molecule has 2 aromatic rings. The number of hydrogen-bond donors (Lipinski definition) is 2. The predicted octanol–water partition coefficient (Wildman–Crippen LogP) is 2.37.